The van der Waals surface area contributed by atoms with E-state index in [1.807, 2.05) is 17.3 Å². The van der Waals surface area contributed by atoms with Gasteiger partial charge in [0.2, 0.25) is 11.8 Å². The summed E-state index contributed by atoms with van der Waals surface area (Å²) in [6.07, 6.45) is 7.90. The van der Waals surface area contributed by atoms with E-state index in [1.165, 1.54) is 6.08 Å². The SMILES string of the molecule is C=CC(=O)Nc1ccc(C(=O)N2CCCC(Cc3ncc(SCc4ncc(C(C)(C)C)o4)s3)C2)cc1. The van der Waals surface area contributed by atoms with Gasteiger partial charge in [-0.3, -0.25) is 9.59 Å². The normalized spacial score (nSPS) is 16.1. The highest BCUT2D eigenvalue weighted by Crippen LogP contribution is 2.32. The van der Waals surface area contributed by atoms with E-state index in [0.29, 0.717) is 22.9 Å². The molecule has 1 aromatic carbocycles. The molecule has 0 spiro atoms. The van der Waals surface area contributed by atoms with Gasteiger partial charge in [-0.05, 0) is 49.1 Å². The number of likely N-dealkylation sites (tertiary alicyclic amines) is 1. The first-order chi connectivity index (χ1) is 17.2. The lowest BCUT2D eigenvalue weighted by Gasteiger charge is -2.32. The van der Waals surface area contributed by atoms with Crippen molar-refractivity contribution < 1.29 is 14.0 Å². The quantitative estimate of drug-likeness (QED) is 0.290. The summed E-state index contributed by atoms with van der Waals surface area (Å²) in [6.45, 7) is 11.3. The number of hydrogen-bond acceptors (Lipinski definition) is 7. The summed E-state index contributed by atoms with van der Waals surface area (Å²) in [5.41, 5.74) is 1.22. The largest absolute Gasteiger partial charge is 0.444 e. The van der Waals surface area contributed by atoms with Gasteiger partial charge in [0.15, 0.2) is 0 Å². The highest BCUT2D eigenvalue weighted by molar-refractivity contribution is 8.00. The molecule has 2 aromatic heterocycles. The number of anilines is 1. The van der Waals surface area contributed by atoms with Crippen molar-refractivity contribution in [1.82, 2.24) is 14.9 Å². The van der Waals surface area contributed by atoms with E-state index in [0.717, 1.165) is 53.2 Å². The highest BCUT2D eigenvalue weighted by Gasteiger charge is 2.25. The van der Waals surface area contributed by atoms with Gasteiger partial charge in [0.1, 0.15) is 5.76 Å². The van der Waals surface area contributed by atoms with Crippen molar-refractivity contribution in [2.75, 3.05) is 18.4 Å². The van der Waals surface area contributed by atoms with Crippen LogP contribution in [-0.2, 0) is 22.4 Å². The number of nitrogens with zero attached hydrogens (tertiary/aromatic N) is 3. The first-order valence-corrected chi connectivity index (χ1v) is 13.9. The lowest BCUT2D eigenvalue weighted by atomic mass is 9.94. The van der Waals surface area contributed by atoms with Crippen molar-refractivity contribution in [2.45, 2.75) is 55.4 Å². The van der Waals surface area contributed by atoms with Gasteiger partial charge in [0.05, 0.1) is 27.4 Å². The van der Waals surface area contributed by atoms with Gasteiger partial charge in [-0.25, -0.2) is 9.97 Å². The topological polar surface area (TPSA) is 88.3 Å². The third kappa shape index (κ3) is 6.85. The third-order valence-corrected chi connectivity index (χ3v) is 8.22. The van der Waals surface area contributed by atoms with E-state index in [9.17, 15) is 9.59 Å². The molecule has 1 aliphatic rings. The van der Waals surface area contributed by atoms with Gasteiger partial charge >= 0.3 is 0 Å². The number of rotatable bonds is 8. The molecule has 1 aliphatic heterocycles. The molecule has 1 saturated heterocycles. The van der Waals surface area contributed by atoms with E-state index < -0.39 is 0 Å². The number of oxazole rings is 1. The number of piperidine rings is 1. The standard InChI is InChI=1S/C27H32N4O3S2/c1-5-22(32)30-20-10-8-19(9-11-20)26(33)31-12-6-7-18(16-31)13-24-29-15-25(36-24)35-17-23-28-14-21(34-23)27(2,3)4/h5,8-11,14-15,18H,1,6-7,12-13,16-17H2,2-4H3,(H,30,32). The number of nitrogens with one attached hydrogen (secondary N) is 1. The molecule has 1 atom stereocenters. The summed E-state index contributed by atoms with van der Waals surface area (Å²) in [5.74, 6) is 2.45. The van der Waals surface area contributed by atoms with Crippen molar-refractivity contribution in [3.8, 4) is 0 Å². The number of hydrogen-bond donors (Lipinski definition) is 1. The van der Waals surface area contributed by atoms with Crippen LogP contribution in [0, 0.1) is 5.92 Å². The molecule has 0 bridgehead atoms. The molecular weight excluding hydrogens is 492 g/mol. The first kappa shape index (κ1) is 26.2. The molecule has 2 amide bonds. The molecule has 190 valence electrons. The maximum Gasteiger partial charge on any atom is 0.253 e. The van der Waals surface area contributed by atoms with Gasteiger partial charge in [-0.15, -0.1) is 23.1 Å². The van der Waals surface area contributed by atoms with E-state index in [4.69, 9.17) is 4.42 Å². The minimum absolute atomic E-state index is 0.0252. The summed E-state index contributed by atoms with van der Waals surface area (Å²) >= 11 is 3.40. The zero-order chi connectivity index (χ0) is 25.7. The number of benzene rings is 1. The molecule has 9 heteroatoms. The Labute approximate surface area is 220 Å². The van der Waals surface area contributed by atoms with E-state index >= 15 is 0 Å². The van der Waals surface area contributed by atoms with Crippen LogP contribution in [0.1, 0.15) is 60.6 Å². The fourth-order valence-electron chi connectivity index (χ4n) is 4.05. The molecule has 3 aromatic rings. The van der Waals surface area contributed by atoms with Gasteiger partial charge in [0.25, 0.3) is 5.91 Å². The van der Waals surface area contributed by atoms with Crippen molar-refractivity contribution in [3.05, 3.63) is 71.5 Å². The van der Waals surface area contributed by atoms with Crippen LogP contribution >= 0.6 is 23.1 Å². The molecule has 0 radical (unpaired) electrons. The number of carbonyl (C=O) groups excluding carboxylic acids is 2. The van der Waals surface area contributed by atoms with Crippen LogP contribution in [0.3, 0.4) is 0 Å². The van der Waals surface area contributed by atoms with Crippen molar-refractivity contribution in [1.29, 1.82) is 0 Å². The fourth-order valence-corrected chi connectivity index (χ4v) is 6.04. The van der Waals surface area contributed by atoms with Gasteiger partial charge in [-0.2, -0.15) is 0 Å². The Morgan fingerprint density at radius 1 is 1.25 bits per heavy atom. The maximum absolute atomic E-state index is 13.1. The second kappa shape index (κ2) is 11.4. The predicted molar refractivity (Wildman–Crippen MR) is 144 cm³/mol. The molecule has 4 rings (SSSR count). The summed E-state index contributed by atoms with van der Waals surface area (Å²) < 4.78 is 7.04. The summed E-state index contributed by atoms with van der Waals surface area (Å²) in [4.78, 5) is 35.5. The van der Waals surface area contributed by atoms with Crippen LogP contribution in [0.4, 0.5) is 5.69 Å². The Morgan fingerprint density at radius 3 is 2.72 bits per heavy atom. The Morgan fingerprint density at radius 2 is 2.03 bits per heavy atom. The monoisotopic (exact) mass is 524 g/mol. The maximum atomic E-state index is 13.1. The van der Waals surface area contributed by atoms with Crippen LogP contribution in [0.2, 0.25) is 0 Å². The lowest BCUT2D eigenvalue weighted by molar-refractivity contribution is -0.111. The molecule has 1 N–H and O–H groups in total. The van der Waals surface area contributed by atoms with Crippen molar-refractivity contribution in [2.24, 2.45) is 5.92 Å². The molecule has 1 unspecified atom stereocenters. The minimum Gasteiger partial charge on any atom is -0.444 e. The lowest BCUT2D eigenvalue weighted by Crippen LogP contribution is -2.40. The average Bonchev–Trinajstić information content (AvgIpc) is 3.52. The summed E-state index contributed by atoms with van der Waals surface area (Å²) in [6, 6.07) is 7.00. The first-order valence-electron chi connectivity index (χ1n) is 12.1. The molecule has 0 saturated carbocycles. The fraction of sp³-hybridized carbons (Fsp3) is 0.407. The average molecular weight is 525 g/mol. The Hall–Kier alpha value is -2.91. The van der Waals surface area contributed by atoms with Gasteiger partial charge < -0.3 is 14.6 Å². The Kier molecular flexibility index (Phi) is 8.31. The number of thiazole rings is 1. The van der Waals surface area contributed by atoms with Crippen LogP contribution in [0.25, 0.3) is 0 Å². The van der Waals surface area contributed by atoms with E-state index in [2.05, 4.69) is 42.6 Å². The number of amides is 2. The minimum atomic E-state index is -0.274. The second-order valence-electron chi connectivity index (χ2n) is 9.96. The molecule has 36 heavy (non-hydrogen) atoms. The third-order valence-electron chi connectivity index (χ3n) is 6.02. The molecule has 1 fully saturated rings. The summed E-state index contributed by atoms with van der Waals surface area (Å²) in [7, 11) is 0. The zero-order valence-corrected chi connectivity index (χ0v) is 22.6. The zero-order valence-electron chi connectivity index (χ0n) is 21.0. The Balaban J connectivity index is 1.29. The summed E-state index contributed by atoms with van der Waals surface area (Å²) in [5, 5.41) is 3.80. The number of thioether (sulfide) groups is 1. The van der Waals surface area contributed by atoms with Crippen molar-refractivity contribution >= 4 is 40.6 Å². The number of carbonyl (C=O) groups is 2. The predicted octanol–water partition coefficient (Wildman–Crippen LogP) is 5.94. The van der Waals surface area contributed by atoms with Crippen LogP contribution in [0.5, 0.6) is 0 Å². The highest BCUT2D eigenvalue weighted by atomic mass is 32.2. The molecule has 3 heterocycles. The van der Waals surface area contributed by atoms with Crippen LogP contribution in [0.15, 0.2) is 57.9 Å². The van der Waals surface area contributed by atoms with E-state index in [-0.39, 0.29) is 17.2 Å². The van der Waals surface area contributed by atoms with Gasteiger partial charge in [-0.1, -0.05) is 27.4 Å². The van der Waals surface area contributed by atoms with Crippen LogP contribution < -0.4 is 5.32 Å². The van der Waals surface area contributed by atoms with Crippen LogP contribution in [-0.4, -0.2) is 39.8 Å². The molecule has 0 aliphatic carbocycles. The Bertz CT molecular complexity index is 1210. The molecular formula is C27H32N4O3S2. The molecule has 7 nitrogen and oxygen atoms in total. The smallest absolute Gasteiger partial charge is 0.253 e. The number of aromatic nitrogens is 2. The van der Waals surface area contributed by atoms with Crippen molar-refractivity contribution in [3.63, 3.8) is 0 Å². The van der Waals surface area contributed by atoms with Gasteiger partial charge in [0, 0.05) is 36.2 Å². The second-order valence-corrected chi connectivity index (χ2v) is 12.4. The van der Waals surface area contributed by atoms with E-state index in [1.54, 1.807) is 47.4 Å².